The zero-order valence-electron chi connectivity index (χ0n) is 14.0. The van der Waals surface area contributed by atoms with Crippen molar-refractivity contribution in [1.82, 2.24) is 24.3 Å². The van der Waals surface area contributed by atoms with Gasteiger partial charge in [0.25, 0.3) is 0 Å². The molecule has 0 aliphatic heterocycles. The van der Waals surface area contributed by atoms with Gasteiger partial charge in [-0.1, -0.05) is 37.7 Å². The van der Waals surface area contributed by atoms with Crippen LogP contribution in [0.25, 0.3) is 11.4 Å². The zero-order chi connectivity index (χ0) is 17.1. The van der Waals surface area contributed by atoms with Gasteiger partial charge in [-0.05, 0) is 18.1 Å². The first-order valence-electron chi connectivity index (χ1n) is 7.83. The molecular formula is C17H20FN5S. The van der Waals surface area contributed by atoms with Crippen LogP contribution in [0.4, 0.5) is 4.39 Å². The van der Waals surface area contributed by atoms with E-state index >= 15 is 0 Å². The fourth-order valence-electron chi connectivity index (χ4n) is 2.43. The molecule has 126 valence electrons. The number of thioether (sulfide) groups is 1. The summed E-state index contributed by atoms with van der Waals surface area (Å²) in [4.78, 5) is 4.33. The lowest BCUT2D eigenvalue weighted by atomic mass is 10.2. The molecule has 0 bridgehead atoms. The van der Waals surface area contributed by atoms with Crippen molar-refractivity contribution < 1.29 is 4.39 Å². The minimum Gasteiger partial charge on any atom is -0.337 e. The molecule has 0 aliphatic rings. The molecule has 3 rings (SSSR count). The van der Waals surface area contributed by atoms with Crippen molar-refractivity contribution in [2.45, 2.75) is 31.3 Å². The van der Waals surface area contributed by atoms with Crippen LogP contribution in [0.15, 0.2) is 41.8 Å². The van der Waals surface area contributed by atoms with E-state index in [0.29, 0.717) is 23.1 Å². The van der Waals surface area contributed by atoms with Crippen molar-refractivity contribution in [1.29, 1.82) is 0 Å². The Bertz CT molecular complexity index is 824. The van der Waals surface area contributed by atoms with E-state index in [1.165, 1.54) is 6.07 Å². The van der Waals surface area contributed by atoms with Gasteiger partial charge in [0.1, 0.15) is 11.6 Å². The molecule has 0 radical (unpaired) electrons. The summed E-state index contributed by atoms with van der Waals surface area (Å²) in [7, 11) is 1.96. The van der Waals surface area contributed by atoms with Crippen molar-refractivity contribution >= 4 is 11.8 Å². The fourth-order valence-corrected chi connectivity index (χ4v) is 3.38. The third-order valence-electron chi connectivity index (χ3n) is 3.63. The molecule has 2 heterocycles. The van der Waals surface area contributed by atoms with Crippen LogP contribution in [0.1, 0.15) is 19.7 Å². The SMILES string of the molecule is CC(C)Cn1c(SCc2nccn2C)nnc1-c1ccccc1F. The van der Waals surface area contributed by atoms with E-state index in [1.807, 2.05) is 28.4 Å². The zero-order valence-corrected chi connectivity index (χ0v) is 14.8. The quantitative estimate of drug-likeness (QED) is 0.638. The van der Waals surface area contributed by atoms with E-state index < -0.39 is 0 Å². The number of benzene rings is 1. The van der Waals surface area contributed by atoms with Gasteiger partial charge in [-0.25, -0.2) is 9.37 Å². The minimum atomic E-state index is -0.282. The van der Waals surface area contributed by atoms with E-state index in [-0.39, 0.29) is 5.82 Å². The van der Waals surface area contributed by atoms with Crippen LogP contribution < -0.4 is 0 Å². The first-order valence-corrected chi connectivity index (χ1v) is 8.82. The molecular weight excluding hydrogens is 325 g/mol. The lowest BCUT2D eigenvalue weighted by Crippen LogP contribution is -2.08. The van der Waals surface area contributed by atoms with Crippen molar-refractivity contribution in [2.75, 3.05) is 0 Å². The molecule has 1 aromatic carbocycles. The second-order valence-corrected chi connectivity index (χ2v) is 6.98. The van der Waals surface area contributed by atoms with Gasteiger partial charge in [0, 0.05) is 26.0 Å². The molecule has 0 fully saturated rings. The highest BCUT2D eigenvalue weighted by molar-refractivity contribution is 7.98. The van der Waals surface area contributed by atoms with Gasteiger partial charge in [-0.3, -0.25) is 0 Å². The average molecular weight is 345 g/mol. The Kier molecular flexibility index (Phi) is 4.99. The maximum absolute atomic E-state index is 14.2. The molecule has 0 atom stereocenters. The molecule has 0 amide bonds. The molecule has 7 heteroatoms. The first kappa shape index (κ1) is 16.7. The topological polar surface area (TPSA) is 48.5 Å². The molecule has 0 spiro atoms. The van der Waals surface area contributed by atoms with Crippen molar-refractivity contribution in [3.05, 3.63) is 48.3 Å². The Morgan fingerprint density at radius 1 is 1.21 bits per heavy atom. The Hall–Kier alpha value is -2.15. The van der Waals surface area contributed by atoms with Gasteiger partial charge in [-0.15, -0.1) is 10.2 Å². The lowest BCUT2D eigenvalue weighted by Gasteiger charge is -2.12. The van der Waals surface area contributed by atoms with E-state index in [4.69, 9.17) is 0 Å². The van der Waals surface area contributed by atoms with Crippen molar-refractivity contribution in [3.63, 3.8) is 0 Å². The fraction of sp³-hybridized carbons (Fsp3) is 0.353. The summed E-state index contributed by atoms with van der Waals surface area (Å²) in [5, 5.41) is 9.32. The number of hydrogen-bond acceptors (Lipinski definition) is 4. The summed E-state index contributed by atoms with van der Waals surface area (Å²) >= 11 is 1.57. The maximum atomic E-state index is 14.2. The summed E-state index contributed by atoms with van der Waals surface area (Å²) in [6.45, 7) is 4.98. The molecule has 0 aliphatic carbocycles. The van der Waals surface area contributed by atoms with E-state index in [9.17, 15) is 4.39 Å². The molecule has 3 aromatic rings. The van der Waals surface area contributed by atoms with Crippen LogP contribution in [0.5, 0.6) is 0 Å². The molecule has 0 saturated heterocycles. The Labute approximate surface area is 144 Å². The van der Waals surface area contributed by atoms with E-state index in [2.05, 4.69) is 29.0 Å². The van der Waals surface area contributed by atoms with Crippen molar-refractivity contribution in [2.24, 2.45) is 13.0 Å². The molecule has 24 heavy (non-hydrogen) atoms. The first-order chi connectivity index (χ1) is 11.6. The van der Waals surface area contributed by atoms with Crippen LogP contribution in [0.2, 0.25) is 0 Å². The second kappa shape index (κ2) is 7.17. The average Bonchev–Trinajstić information content (AvgIpc) is 3.12. The lowest BCUT2D eigenvalue weighted by molar-refractivity contribution is 0.496. The number of halogens is 1. The number of aromatic nitrogens is 5. The molecule has 2 aromatic heterocycles. The summed E-state index contributed by atoms with van der Waals surface area (Å²) in [5.74, 6) is 2.35. The summed E-state index contributed by atoms with van der Waals surface area (Å²) in [6.07, 6.45) is 3.69. The predicted octanol–water partition coefficient (Wildman–Crippen LogP) is 3.77. The highest BCUT2D eigenvalue weighted by Gasteiger charge is 2.18. The van der Waals surface area contributed by atoms with Gasteiger partial charge < -0.3 is 9.13 Å². The number of rotatable bonds is 6. The van der Waals surface area contributed by atoms with Crippen LogP contribution in [0.3, 0.4) is 0 Å². The van der Waals surface area contributed by atoms with Crippen LogP contribution in [-0.2, 0) is 19.3 Å². The van der Waals surface area contributed by atoms with Gasteiger partial charge >= 0.3 is 0 Å². The molecule has 5 nitrogen and oxygen atoms in total. The van der Waals surface area contributed by atoms with Gasteiger partial charge in [0.2, 0.25) is 0 Å². The predicted molar refractivity (Wildman–Crippen MR) is 93.0 cm³/mol. The van der Waals surface area contributed by atoms with Gasteiger partial charge in [0.05, 0.1) is 11.3 Å². The number of hydrogen-bond donors (Lipinski definition) is 0. The Morgan fingerprint density at radius 2 is 2.00 bits per heavy atom. The molecule has 0 N–H and O–H groups in total. The Balaban J connectivity index is 1.92. The van der Waals surface area contributed by atoms with Crippen LogP contribution >= 0.6 is 11.8 Å². The monoisotopic (exact) mass is 345 g/mol. The van der Waals surface area contributed by atoms with E-state index in [0.717, 1.165) is 17.5 Å². The number of nitrogens with zero attached hydrogens (tertiary/aromatic N) is 5. The summed E-state index contributed by atoms with van der Waals surface area (Å²) in [6, 6.07) is 6.68. The second-order valence-electron chi connectivity index (χ2n) is 6.03. The highest BCUT2D eigenvalue weighted by Crippen LogP contribution is 2.28. The third kappa shape index (κ3) is 3.51. The normalized spacial score (nSPS) is 11.4. The maximum Gasteiger partial charge on any atom is 0.191 e. The number of imidazole rings is 1. The van der Waals surface area contributed by atoms with Gasteiger partial charge in [-0.2, -0.15) is 0 Å². The van der Waals surface area contributed by atoms with Crippen LogP contribution in [-0.4, -0.2) is 24.3 Å². The van der Waals surface area contributed by atoms with E-state index in [1.54, 1.807) is 30.1 Å². The summed E-state index contributed by atoms with van der Waals surface area (Å²) in [5.41, 5.74) is 0.481. The summed E-state index contributed by atoms with van der Waals surface area (Å²) < 4.78 is 18.1. The smallest absolute Gasteiger partial charge is 0.191 e. The van der Waals surface area contributed by atoms with Gasteiger partial charge in [0.15, 0.2) is 11.0 Å². The minimum absolute atomic E-state index is 0.282. The van der Waals surface area contributed by atoms with Crippen molar-refractivity contribution in [3.8, 4) is 11.4 Å². The molecule has 0 saturated carbocycles. The standard InChI is InChI=1S/C17H20FN5S/c1-12(2)10-23-16(13-6-4-5-7-14(13)18)20-21-17(23)24-11-15-19-8-9-22(15)3/h4-9,12H,10-11H2,1-3H3. The van der Waals surface area contributed by atoms with Crippen LogP contribution in [0, 0.1) is 11.7 Å². The third-order valence-corrected chi connectivity index (χ3v) is 4.59. The molecule has 0 unspecified atom stereocenters. The largest absolute Gasteiger partial charge is 0.337 e. The number of aryl methyl sites for hydroxylation is 1. The highest BCUT2D eigenvalue weighted by atomic mass is 32.2. The Morgan fingerprint density at radius 3 is 2.67 bits per heavy atom.